The first kappa shape index (κ1) is 16.8. The van der Waals surface area contributed by atoms with Crippen molar-refractivity contribution >= 4 is 18.3 Å². The van der Waals surface area contributed by atoms with E-state index in [2.05, 4.69) is 10.2 Å². The van der Waals surface area contributed by atoms with E-state index in [-0.39, 0.29) is 18.3 Å². The van der Waals surface area contributed by atoms with Gasteiger partial charge in [0.05, 0.1) is 26.9 Å². The topological polar surface area (TPSA) is 50.8 Å². The van der Waals surface area contributed by atoms with Gasteiger partial charge in [-0.3, -0.25) is 9.69 Å². The number of hydrogen-bond acceptors (Lipinski definition) is 4. The highest BCUT2D eigenvalue weighted by molar-refractivity contribution is 5.85. The van der Waals surface area contributed by atoms with E-state index in [4.69, 9.17) is 9.47 Å². The molecule has 5 nitrogen and oxygen atoms in total. The molecule has 0 spiro atoms. The Morgan fingerprint density at radius 1 is 1.30 bits per heavy atom. The summed E-state index contributed by atoms with van der Waals surface area (Å²) in [7, 11) is 1.64. The second-order valence-electron chi connectivity index (χ2n) is 4.51. The lowest BCUT2D eigenvalue weighted by Gasteiger charge is -2.25. The standard InChI is InChI=1S/C14H20N2O3.ClH/c1-18-13-4-2-12(3-5-13)10-15-14(17)11-16-6-8-19-9-7-16;/h2-5H,6-11H2,1H3,(H,15,17);1H. The highest BCUT2D eigenvalue weighted by Crippen LogP contribution is 2.10. The molecule has 1 N–H and O–H groups in total. The third-order valence-electron chi connectivity index (χ3n) is 3.12. The minimum atomic E-state index is 0. The van der Waals surface area contributed by atoms with E-state index in [9.17, 15) is 4.79 Å². The van der Waals surface area contributed by atoms with Gasteiger partial charge in [-0.2, -0.15) is 0 Å². The summed E-state index contributed by atoms with van der Waals surface area (Å²) >= 11 is 0. The average Bonchev–Trinajstić information content (AvgIpc) is 2.47. The van der Waals surface area contributed by atoms with Crippen molar-refractivity contribution in [3.05, 3.63) is 29.8 Å². The lowest BCUT2D eigenvalue weighted by Crippen LogP contribution is -2.43. The fourth-order valence-corrected chi connectivity index (χ4v) is 1.96. The van der Waals surface area contributed by atoms with Crippen LogP contribution >= 0.6 is 12.4 Å². The summed E-state index contributed by atoms with van der Waals surface area (Å²) in [5.74, 6) is 0.876. The van der Waals surface area contributed by atoms with E-state index in [1.165, 1.54) is 0 Å². The van der Waals surface area contributed by atoms with Gasteiger partial charge in [-0.1, -0.05) is 12.1 Å². The Bertz CT molecular complexity index is 405. The number of carbonyl (C=O) groups is 1. The second kappa shape index (κ2) is 8.79. The van der Waals surface area contributed by atoms with Crippen LogP contribution in [0.2, 0.25) is 0 Å². The average molecular weight is 301 g/mol. The summed E-state index contributed by atoms with van der Waals surface area (Å²) in [6.07, 6.45) is 0. The van der Waals surface area contributed by atoms with Crippen LogP contribution in [0.5, 0.6) is 5.75 Å². The van der Waals surface area contributed by atoms with Crippen molar-refractivity contribution in [2.24, 2.45) is 0 Å². The summed E-state index contributed by atoms with van der Waals surface area (Å²) in [4.78, 5) is 13.9. The number of carbonyl (C=O) groups excluding carboxylic acids is 1. The number of halogens is 1. The zero-order valence-corrected chi connectivity index (χ0v) is 12.4. The molecule has 0 bridgehead atoms. The number of nitrogens with one attached hydrogen (secondary N) is 1. The van der Waals surface area contributed by atoms with Crippen molar-refractivity contribution in [1.82, 2.24) is 10.2 Å². The minimum Gasteiger partial charge on any atom is -0.497 e. The Labute approximate surface area is 125 Å². The number of hydrogen-bond donors (Lipinski definition) is 1. The molecule has 6 heteroatoms. The zero-order valence-electron chi connectivity index (χ0n) is 11.6. The number of benzene rings is 1. The summed E-state index contributed by atoms with van der Waals surface area (Å²) in [5, 5.41) is 2.92. The van der Waals surface area contributed by atoms with Gasteiger partial charge in [0.1, 0.15) is 5.75 Å². The van der Waals surface area contributed by atoms with Gasteiger partial charge in [-0.25, -0.2) is 0 Å². The number of morpholine rings is 1. The van der Waals surface area contributed by atoms with E-state index in [0.29, 0.717) is 26.3 Å². The Morgan fingerprint density at radius 3 is 2.55 bits per heavy atom. The first-order valence-corrected chi connectivity index (χ1v) is 6.47. The first-order chi connectivity index (χ1) is 9.28. The normalized spacial score (nSPS) is 15.2. The maximum atomic E-state index is 11.8. The van der Waals surface area contributed by atoms with Gasteiger partial charge in [0.25, 0.3) is 0 Å². The molecule has 1 aromatic carbocycles. The molecular weight excluding hydrogens is 280 g/mol. The van der Waals surface area contributed by atoms with Crippen LogP contribution in [0.3, 0.4) is 0 Å². The number of methoxy groups -OCH3 is 1. The molecule has 0 aliphatic carbocycles. The fourth-order valence-electron chi connectivity index (χ4n) is 1.96. The Kier molecular flexibility index (Phi) is 7.36. The van der Waals surface area contributed by atoms with Gasteiger partial charge in [-0.05, 0) is 17.7 Å². The second-order valence-corrected chi connectivity index (χ2v) is 4.51. The number of amides is 1. The van der Waals surface area contributed by atoms with E-state index in [1.54, 1.807) is 7.11 Å². The van der Waals surface area contributed by atoms with E-state index >= 15 is 0 Å². The first-order valence-electron chi connectivity index (χ1n) is 6.47. The van der Waals surface area contributed by atoms with Crippen molar-refractivity contribution in [3.63, 3.8) is 0 Å². The summed E-state index contributed by atoms with van der Waals surface area (Å²) in [5.41, 5.74) is 1.07. The molecule has 1 saturated heterocycles. The van der Waals surface area contributed by atoms with Gasteiger partial charge in [0.2, 0.25) is 5.91 Å². The SMILES string of the molecule is COc1ccc(CNC(=O)CN2CCOCC2)cc1.Cl. The molecule has 0 unspecified atom stereocenters. The van der Waals surface area contributed by atoms with Crippen molar-refractivity contribution in [2.45, 2.75) is 6.54 Å². The third kappa shape index (κ3) is 5.36. The summed E-state index contributed by atoms with van der Waals surface area (Å²) < 4.78 is 10.3. The van der Waals surface area contributed by atoms with Crippen LogP contribution in [-0.4, -0.2) is 50.8 Å². The predicted octanol–water partition coefficient (Wildman–Crippen LogP) is 1.07. The summed E-state index contributed by atoms with van der Waals surface area (Å²) in [6.45, 7) is 4.08. The van der Waals surface area contributed by atoms with Crippen molar-refractivity contribution in [1.29, 1.82) is 0 Å². The number of rotatable bonds is 5. The molecule has 1 heterocycles. The van der Waals surface area contributed by atoms with Crippen molar-refractivity contribution < 1.29 is 14.3 Å². The number of nitrogens with zero attached hydrogens (tertiary/aromatic N) is 1. The maximum Gasteiger partial charge on any atom is 0.234 e. The van der Waals surface area contributed by atoms with Crippen molar-refractivity contribution in [2.75, 3.05) is 40.0 Å². The van der Waals surface area contributed by atoms with E-state index in [1.807, 2.05) is 24.3 Å². The monoisotopic (exact) mass is 300 g/mol. The molecule has 1 amide bonds. The molecule has 0 atom stereocenters. The van der Waals surface area contributed by atoms with Crippen LogP contribution in [0.15, 0.2) is 24.3 Å². The molecular formula is C14H21ClN2O3. The van der Waals surface area contributed by atoms with Crippen LogP contribution in [0.4, 0.5) is 0 Å². The predicted molar refractivity (Wildman–Crippen MR) is 79.3 cm³/mol. The molecule has 1 aliphatic heterocycles. The van der Waals surface area contributed by atoms with Crippen LogP contribution in [0, 0.1) is 0 Å². The van der Waals surface area contributed by atoms with Gasteiger partial charge < -0.3 is 14.8 Å². The zero-order chi connectivity index (χ0) is 13.5. The van der Waals surface area contributed by atoms with Gasteiger partial charge in [-0.15, -0.1) is 12.4 Å². The summed E-state index contributed by atoms with van der Waals surface area (Å²) in [6, 6.07) is 7.69. The van der Waals surface area contributed by atoms with Gasteiger partial charge in [0.15, 0.2) is 0 Å². The van der Waals surface area contributed by atoms with Gasteiger partial charge in [0, 0.05) is 19.6 Å². The van der Waals surface area contributed by atoms with Gasteiger partial charge >= 0.3 is 0 Å². The Morgan fingerprint density at radius 2 is 1.95 bits per heavy atom. The fraction of sp³-hybridized carbons (Fsp3) is 0.500. The van der Waals surface area contributed by atoms with Crippen molar-refractivity contribution in [3.8, 4) is 5.75 Å². The smallest absolute Gasteiger partial charge is 0.234 e. The highest BCUT2D eigenvalue weighted by Gasteiger charge is 2.13. The molecule has 0 aromatic heterocycles. The lowest BCUT2D eigenvalue weighted by molar-refractivity contribution is -0.123. The van der Waals surface area contributed by atoms with Crippen LogP contribution in [0.25, 0.3) is 0 Å². The van der Waals surface area contributed by atoms with E-state index in [0.717, 1.165) is 24.4 Å². The third-order valence-corrected chi connectivity index (χ3v) is 3.12. The molecule has 0 saturated carbocycles. The molecule has 20 heavy (non-hydrogen) atoms. The number of ether oxygens (including phenoxy) is 2. The van der Waals surface area contributed by atoms with Crippen LogP contribution in [-0.2, 0) is 16.1 Å². The molecule has 0 radical (unpaired) electrons. The molecule has 112 valence electrons. The largest absolute Gasteiger partial charge is 0.497 e. The lowest BCUT2D eigenvalue weighted by atomic mass is 10.2. The molecule has 1 fully saturated rings. The van der Waals surface area contributed by atoms with Crippen LogP contribution < -0.4 is 10.1 Å². The maximum absolute atomic E-state index is 11.8. The highest BCUT2D eigenvalue weighted by atomic mass is 35.5. The Hall–Kier alpha value is -1.30. The minimum absolute atomic E-state index is 0. The molecule has 1 aromatic rings. The molecule has 2 rings (SSSR count). The quantitative estimate of drug-likeness (QED) is 0.884. The van der Waals surface area contributed by atoms with Crippen LogP contribution in [0.1, 0.15) is 5.56 Å². The molecule has 1 aliphatic rings. The Balaban J connectivity index is 0.00000200. The van der Waals surface area contributed by atoms with E-state index < -0.39 is 0 Å².